The molecule has 0 radical (unpaired) electrons. The van der Waals surface area contributed by atoms with Crippen molar-refractivity contribution in [3.63, 3.8) is 0 Å². The molecule has 0 saturated heterocycles. The Hall–Kier alpha value is -0.610. The lowest BCUT2D eigenvalue weighted by molar-refractivity contribution is -0.158. The van der Waals surface area contributed by atoms with E-state index in [1.807, 2.05) is 6.92 Å². The topological polar surface area (TPSA) is 0 Å². The van der Waals surface area contributed by atoms with Gasteiger partial charge in [-0.25, -0.2) is 8.78 Å². The Balaban J connectivity index is 0. The molecule has 0 aliphatic rings. The Morgan fingerprint density at radius 2 is 1.64 bits per heavy atom. The highest BCUT2D eigenvalue weighted by Gasteiger charge is 2.31. The van der Waals surface area contributed by atoms with E-state index in [0.29, 0.717) is 0 Å². The average molecular weight is 176 g/mol. The third-order valence-electron chi connectivity index (χ3n) is 0.386. The standard InChI is InChI=1S/C3H3F5.C3H6/c4-2(5)1-3(6,7)8;1-3-2/h2H,1H2;3H,1H2,2H3. The lowest BCUT2D eigenvalue weighted by atomic mass is 10.4. The van der Waals surface area contributed by atoms with Crippen LogP contribution >= 0.6 is 0 Å². The zero-order valence-corrected chi connectivity index (χ0v) is 5.96. The minimum atomic E-state index is -4.73. The van der Waals surface area contributed by atoms with Gasteiger partial charge in [0.15, 0.2) is 0 Å². The van der Waals surface area contributed by atoms with Crippen molar-refractivity contribution in [2.45, 2.75) is 25.9 Å². The molecule has 0 aromatic heterocycles. The minimum Gasteiger partial charge on any atom is -0.210 e. The molecule has 0 saturated carbocycles. The molecule has 0 bridgehead atoms. The molecule has 5 heteroatoms. The Kier molecular flexibility index (Phi) is 7.24. The van der Waals surface area contributed by atoms with Gasteiger partial charge in [-0.15, -0.1) is 6.58 Å². The molecule has 0 atom stereocenters. The first kappa shape index (κ1) is 13.0. The van der Waals surface area contributed by atoms with Crippen LogP contribution in [0.2, 0.25) is 0 Å². The fraction of sp³-hybridized carbons (Fsp3) is 0.667. The maximum atomic E-state index is 10.8. The van der Waals surface area contributed by atoms with Gasteiger partial charge in [-0.2, -0.15) is 13.2 Å². The molecule has 68 valence electrons. The molecule has 0 amide bonds. The van der Waals surface area contributed by atoms with E-state index >= 15 is 0 Å². The third kappa shape index (κ3) is 26.6. The summed E-state index contributed by atoms with van der Waals surface area (Å²) in [5.74, 6) is 0. The van der Waals surface area contributed by atoms with E-state index in [4.69, 9.17) is 0 Å². The van der Waals surface area contributed by atoms with Crippen molar-refractivity contribution in [2.24, 2.45) is 0 Å². The van der Waals surface area contributed by atoms with Gasteiger partial charge in [0.2, 0.25) is 6.43 Å². The summed E-state index contributed by atoms with van der Waals surface area (Å²) in [6.07, 6.45) is -8.27. The minimum absolute atomic E-state index is 1.75. The van der Waals surface area contributed by atoms with E-state index in [2.05, 4.69) is 6.58 Å². The summed E-state index contributed by atoms with van der Waals surface area (Å²) in [5.41, 5.74) is 0. The predicted octanol–water partition coefficient (Wildman–Crippen LogP) is 3.40. The number of alkyl halides is 5. The Morgan fingerprint density at radius 1 is 1.36 bits per heavy atom. The Bertz CT molecular complexity index is 93.6. The van der Waals surface area contributed by atoms with Crippen LogP contribution in [0.1, 0.15) is 13.3 Å². The summed E-state index contributed by atoms with van der Waals surface area (Å²) in [6.45, 7) is 5.25. The van der Waals surface area contributed by atoms with Crippen LogP contribution in [-0.2, 0) is 0 Å². The summed E-state index contributed by atoms with van der Waals surface area (Å²) in [7, 11) is 0. The zero-order valence-electron chi connectivity index (χ0n) is 5.96. The van der Waals surface area contributed by atoms with Crippen LogP contribution in [0.3, 0.4) is 0 Å². The quantitative estimate of drug-likeness (QED) is 0.424. The number of hydrogen-bond acceptors (Lipinski definition) is 0. The molecule has 0 aliphatic heterocycles. The number of rotatable bonds is 1. The summed E-state index contributed by atoms with van der Waals surface area (Å²) >= 11 is 0. The molecule has 0 nitrogen and oxygen atoms in total. The highest BCUT2D eigenvalue weighted by molar-refractivity contribution is 4.51. The second-order valence-corrected chi connectivity index (χ2v) is 1.62. The van der Waals surface area contributed by atoms with E-state index in [0.717, 1.165) is 0 Å². The second kappa shape index (κ2) is 6.12. The first-order chi connectivity index (χ1) is 4.83. The molecule has 0 unspecified atom stereocenters. The molecular weight excluding hydrogens is 167 g/mol. The highest BCUT2D eigenvalue weighted by Crippen LogP contribution is 2.22. The van der Waals surface area contributed by atoms with Crippen LogP contribution in [0.5, 0.6) is 0 Å². The van der Waals surface area contributed by atoms with E-state index in [9.17, 15) is 22.0 Å². The van der Waals surface area contributed by atoms with Gasteiger partial charge in [-0.05, 0) is 6.92 Å². The van der Waals surface area contributed by atoms with Crippen LogP contribution in [-0.4, -0.2) is 12.6 Å². The van der Waals surface area contributed by atoms with E-state index in [1.54, 1.807) is 6.08 Å². The fourth-order valence-corrected chi connectivity index (χ4v) is 0.175. The normalized spacial score (nSPS) is 10.5. The van der Waals surface area contributed by atoms with Crippen molar-refractivity contribution >= 4 is 0 Å². The largest absolute Gasteiger partial charge is 0.394 e. The van der Waals surface area contributed by atoms with E-state index < -0.39 is 19.0 Å². The monoisotopic (exact) mass is 176 g/mol. The molecule has 0 aromatic carbocycles. The van der Waals surface area contributed by atoms with Crippen molar-refractivity contribution < 1.29 is 22.0 Å². The Morgan fingerprint density at radius 3 is 1.64 bits per heavy atom. The van der Waals surface area contributed by atoms with Crippen LogP contribution in [0.4, 0.5) is 22.0 Å². The molecular formula is C6H9F5. The number of hydrogen-bond donors (Lipinski definition) is 0. The summed E-state index contributed by atoms with van der Waals surface area (Å²) in [5, 5.41) is 0. The number of halogens is 5. The van der Waals surface area contributed by atoms with Crippen LogP contribution in [0.15, 0.2) is 12.7 Å². The van der Waals surface area contributed by atoms with Gasteiger partial charge in [-0.3, -0.25) is 0 Å². The van der Waals surface area contributed by atoms with Crippen LogP contribution in [0, 0.1) is 0 Å². The van der Waals surface area contributed by atoms with Gasteiger partial charge in [0.05, 0.1) is 0 Å². The highest BCUT2D eigenvalue weighted by atomic mass is 19.4. The lowest BCUT2D eigenvalue weighted by Gasteiger charge is -2.02. The fourth-order valence-electron chi connectivity index (χ4n) is 0.175. The maximum absolute atomic E-state index is 10.8. The van der Waals surface area contributed by atoms with Gasteiger partial charge in [0.25, 0.3) is 0 Å². The molecule has 0 N–H and O–H groups in total. The van der Waals surface area contributed by atoms with Gasteiger partial charge < -0.3 is 0 Å². The SMILES string of the molecule is C=CC.FC(F)CC(F)(F)F. The summed E-state index contributed by atoms with van der Waals surface area (Å²) < 4.78 is 54.1. The van der Waals surface area contributed by atoms with Crippen molar-refractivity contribution in [3.05, 3.63) is 12.7 Å². The maximum Gasteiger partial charge on any atom is 0.394 e. The molecule has 0 spiro atoms. The molecule has 0 heterocycles. The average Bonchev–Trinajstić information content (AvgIpc) is 1.57. The molecule has 11 heavy (non-hydrogen) atoms. The predicted molar refractivity (Wildman–Crippen MR) is 32.5 cm³/mol. The zero-order chi connectivity index (χ0) is 9.49. The summed E-state index contributed by atoms with van der Waals surface area (Å²) in [6, 6.07) is 0. The lowest BCUT2D eigenvalue weighted by Crippen LogP contribution is -2.12. The van der Waals surface area contributed by atoms with Gasteiger partial charge in [0.1, 0.15) is 6.42 Å². The van der Waals surface area contributed by atoms with Crippen molar-refractivity contribution in [1.29, 1.82) is 0 Å². The first-order valence-corrected chi connectivity index (χ1v) is 2.75. The van der Waals surface area contributed by atoms with Crippen LogP contribution in [0.25, 0.3) is 0 Å². The molecule has 0 aliphatic carbocycles. The third-order valence-corrected chi connectivity index (χ3v) is 0.386. The van der Waals surface area contributed by atoms with E-state index in [1.165, 1.54) is 0 Å². The van der Waals surface area contributed by atoms with Crippen molar-refractivity contribution in [2.75, 3.05) is 0 Å². The molecule has 0 aromatic rings. The van der Waals surface area contributed by atoms with Crippen molar-refractivity contribution in [1.82, 2.24) is 0 Å². The second-order valence-electron chi connectivity index (χ2n) is 1.62. The summed E-state index contributed by atoms with van der Waals surface area (Å²) in [4.78, 5) is 0. The van der Waals surface area contributed by atoms with Crippen molar-refractivity contribution in [3.8, 4) is 0 Å². The Labute approximate surface area is 61.7 Å². The van der Waals surface area contributed by atoms with Gasteiger partial charge >= 0.3 is 6.18 Å². The van der Waals surface area contributed by atoms with Gasteiger partial charge in [0, 0.05) is 0 Å². The van der Waals surface area contributed by atoms with Crippen LogP contribution < -0.4 is 0 Å². The molecule has 0 rings (SSSR count). The van der Waals surface area contributed by atoms with E-state index in [-0.39, 0.29) is 0 Å². The van der Waals surface area contributed by atoms with Gasteiger partial charge in [-0.1, -0.05) is 6.08 Å². The smallest absolute Gasteiger partial charge is 0.210 e. The first-order valence-electron chi connectivity index (χ1n) is 2.75. The molecule has 0 fully saturated rings. The number of allylic oxidation sites excluding steroid dienone is 1.